The summed E-state index contributed by atoms with van der Waals surface area (Å²) in [4.78, 5) is 26.2. The number of nitrogens with zero attached hydrogens (tertiary/aromatic N) is 2. The van der Waals surface area contributed by atoms with Gasteiger partial charge in [0, 0.05) is 44.7 Å². The Bertz CT molecular complexity index is 340. The zero-order valence-corrected chi connectivity index (χ0v) is 11.6. The summed E-state index contributed by atoms with van der Waals surface area (Å²) in [7, 11) is 0. The van der Waals surface area contributed by atoms with E-state index < -0.39 is 0 Å². The van der Waals surface area contributed by atoms with Crippen LogP contribution in [0.3, 0.4) is 0 Å². The van der Waals surface area contributed by atoms with Crippen molar-refractivity contribution in [3.05, 3.63) is 0 Å². The normalized spacial score (nSPS) is 22.9. The minimum atomic E-state index is -0.325. The third kappa shape index (κ3) is 3.83. The van der Waals surface area contributed by atoms with E-state index in [1.807, 2.05) is 4.90 Å². The van der Waals surface area contributed by atoms with Crippen LogP contribution in [0.2, 0.25) is 0 Å². The first-order valence-corrected chi connectivity index (χ1v) is 7.14. The lowest BCUT2D eigenvalue weighted by atomic mass is 10.0. The molecule has 0 radical (unpaired) electrons. The summed E-state index contributed by atoms with van der Waals surface area (Å²) in [6.45, 7) is 5.25. The van der Waals surface area contributed by atoms with Gasteiger partial charge in [-0.2, -0.15) is 0 Å². The Morgan fingerprint density at radius 3 is 2.63 bits per heavy atom. The molecule has 108 valence electrons. The maximum Gasteiger partial charge on any atom is 0.314 e. The van der Waals surface area contributed by atoms with Gasteiger partial charge in [-0.3, -0.25) is 4.79 Å². The highest BCUT2D eigenvalue weighted by Crippen LogP contribution is 2.13. The molecule has 1 atom stereocenters. The number of hydrogen-bond donors (Lipinski definition) is 2. The number of carbonyl (C=O) groups excluding carboxylic acids is 2. The van der Waals surface area contributed by atoms with Gasteiger partial charge in [0.1, 0.15) is 0 Å². The van der Waals surface area contributed by atoms with Crippen molar-refractivity contribution in [3.63, 3.8) is 0 Å². The minimum absolute atomic E-state index is 0.275. The number of nitrogens with one attached hydrogen (secondary N) is 1. The van der Waals surface area contributed by atoms with Gasteiger partial charge in [0.05, 0.1) is 0 Å². The van der Waals surface area contributed by atoms with Gasteiger partial charge in [-0.05, 0) is 26.2 Å². The van der Waals surface area contributed by atoms with Crippen LogP contribution >= 0.6 is 0 Å². The van der Waals surface area contributed by atoms with Crippen molar-refractivity contribution in [2.45, 2.75) is 44.7 Å². The quantitative estimate of drug-likeness (QED) is 0.760. The van der Waals surface area contributed by atoms with Gasteiger partial charge in [0.25, 0.3) is 0 Å². The van der Waals surface area contributed by atoms with Gasteiger partial charge in [0.2, 0.25) is 5.91 Å². The number of urea groups is 1. The Morgan fingerprint density at radius 2 is 2.11 bits per heavy atom. The summed E-state index contributed by atoms with van der Waals surface area (Å²) in [5.41, 5.74) is 5.26. The van der Waals surface area contributed by atoms with Gasteiger partial charge in [-0.25, -0.2) is 4.79 Å². The average Bonchev–Trinajstić information content (AvgIpc) is 2.75. The van der Waals surface area contributed by atoms with Crippen LogP contribution in [-0.2, 0) is 4.79 Å². The highest BCUT2D eigenvalue weighted by Gasteiger charge is 2.25. The molecule has 0 aliphatic carbocycles. The molecule has 0 aromatic heterocycles. The van der Waals surface area contributed by atoms with Crippen LogP contribution in [0.1, 0.15) is 32.6 Å². The number of carbonyl (C=O) groups is 2. The van der Waals surface area contributed by atoms with Crippen LogP contribution in [-0.4, -0.2) is 60.0 Å². The third-order valence-corrected chi connectivity index (χ3v) is 3.99. The van der Waals surface area contributed by atoms with E-state index in [2.05, 4.69) is 12.2 Å². The van der Waals surface area contributed by atoms with Crippen LogP contribution < -0.4 is 11.1 Å². The number of likely N-dealkylation sites (tertiary alicyclic amines) is 2. The molecule has 6 nitrogen and oxygen atoms in total. The zero-order chi connectivity index (χ0) is 13.8. The first-order valence-electron chi connectivity index (χ1n) is 7.14. The van der Waals surface area contributed by atoms with Crippen molar-refractivity contribution in [1.29, 1.82) is 0 Å². The predicted octanol–water partition coefficient (Wildman–Crippen LogP) is 0.130. The van der Waals surface area contributed by atoms with E-state index in [4.69, 9.17) is 5.73 Å². The summed E-state index contributed by atoms with van der Waals surface area (Å²) < 4.78 is 0. The van der Waals surface area contributed by atoms with E-state index in [-0.39, 0.29) is 11.9 Å². The summed E-state index contributed by atoms with van der Waals surface area (Å²) in [5.74, 6) is 0.275. The topological polar surface area (TPSA) is 78.7 Å². The second-order valence-electron chi connectivity index (χ2n) is 5.61. The van der Waals surface area contributed by atoms with Gasteiger partial charge in [-0.1, -0.05) is 0 Å². The fourth-order valence-electron chi connectivity index (χ4n) is 2.95. The van der Waals surface area contributed by atoms with E-state index in [0.717, 1.165) is 45.4 Å². The molecule has 2 aliphatic rings. The van der Waals surface area contributed by atoms with Crippen molar-refractivity contribution < 1.29 is 9.59 Å². The number of piperidine rings is 1. The van der Waals surface area contributed by atoms with Crippen molar-refractivity contribution in [2.24, 2.45) is 5.73 Å². The molecule has 0 saturated carbocycles. The van der Waals surface area contributed by atoms with Crippen molar-refractivity contribution in [2.75, 3.05) is 26.2 Å². The molecule has 3 N–H and O–H groups in total. The molecule has 6 heteroatoms. The predicted molar refractivity (Wildman–Crippen MR) is 72.6 cm³/mol. The van der Waals surface area contributed by atoms with Crippen LogP contribution in [0, 0.1) is 0 Å². The SMILES string of the molecule is CC(CN1CCCC1=O)NC1CCN(C(N)=O)CC1. The number of hydrogen-bond acceptors (Lipinski definition) is 3. The van der Waals surface area contributed by atoms with Crippen molar-refractivity contribution >= 4 is 11.9 Å². The molecule has 2 saturated heterocycles. The van der Waals surface area contributed by atoms with E-state index >= 15 is 0 Å². The molecule has 2 rings (SSSR count). The molecule has 0 spiro atoms. The largest absolute Gasteiger partial charge is 0.351 e. The van der Waals surface area contributed by atoms with Crippen LogP contribution in [0.4, 0.5) is 4.79 Å². The van der Waals surface area contributed by atoms with Crippen LogP contribution in [0.25, 0.3) is 0 Å². The number of primary amides is 1. The van der Waals surface area contributed by atoms with Crippen LogP contribution in [0.5, 0.6) is 0 Å². The fourth-order valence-corrected chi connectivity index (χ4v) is 2.95. The third-order valence-electron chi connectivity index (χ3n) is 3.99. The second kappa shape index (κ2) is 6.23. The first-order chi connectivity index (χ1) is 9.06. The van der Waals surface area contributed by atoms with Crippen LogP contribution in [0.15, 0.2) is 0 Å². The summed E-state index contributed by atoms with van der Waals surface area (Å²) >= 11 is 0. The maximum absolute atomic E-state index is 11.6. The molecule has 0 aromatic carbocycles. The molecule has 19 heavy (non-hydrogen) atoms. The monoisotopic (exact) mass is 268 g/mol. The second-order valence-corrected chi connectivity index (χ2v) is 5.61. The standard InChI is InChI=1S/C13H24N4O2/c1-10(9-17-6-2-3-12(17)18)15-11-4-7-16(8-5-11)13(14)19/h10-11,15H,2-9H2,1H3,(H2,14,19). The lowest BCUT2D eigenvalue weighted by molar-refractivity contribution is -0.128. The molecule has 3 amide bonds. The zero-order valence-electron chi connectivity index (χ0n) is 11.6. The molecular formula is C13H24N4O2. The number of rotatable bonds is 4. The fraction of sp³-hybridized carbons (Fsp3) is 0.846. The summed E-state index contributed by atoms with van der Waals surface area (Å²) in [6.07, 6.45) is 3.55. The minimum Gasteiger partial charge on any atom is -0.351 e. The summed E-state index contributed by atoms with van der Waals surface area (Å²) in [6, 6.07) is 0.393. The first kappa shape index (κ1) is 14.1. The lowest BCUT2D eigenvalue weighted by Crippen LogP contribution is -2.50. The lowest BCUT2D eigenvalue weighted by Gasteiger charge is -2.33. The Kier molecular flexibility index (Phi) is 4.63. The molecule has 0 bridgehead atoms. The Labute approximate surface area is 114 Å². The number of amides is 3. The Balaban J connectivity index is 1.70. The average molecular weight is 268 g/mol. The highest BCUT2D eigenvalue weighted by atomic mass is 16.2. The van der Waals surface area contributed by atoms with Crippen molar-refractivity contribution in [1.82, 2.24) is 15.1 Å². The van der Waals surface area contributed by atoms with Gasteiger partial charge < -0.3 is 20.9 Å². The Morgan fingerprint density at radius 1 is 1.42 bits per heavy atom. The van der Waals surface area contributed by atoms with Gasteiger partial charge >= 0.3 is 6.03 Å². The highest BCUT2D eigenvalue weighted by molar-refractivity contribution is 5.78. The molecule has 0 aromatic rings. The summed E-state index contributed by atoms with van der Waals surface area (Å²) in [5, 5.41) is 3.55. The van der Waals surface area contributed by atoms with Crippen molar-refractivity contribution in [3.8, 4) is 0 Å². The van der Waals surface area contributed by atoms with E-state index in [1.54, 1.807) is 4.90 Å². The van der Waals surface area contributed by atoms with E-state index in [1.165, 1.54) is 0 Å². The van der Waals surface area contributed by atoms with Gasteiger partial charge in [0.15, 0.2) is 0 Å². The van der Waals surface area contributed by atoms with Gasteiger partial charge in [-0.15, -0.1) is 0 Å². The molecule has 2 aliphatic heterocycles. The van der Waals surface area contributed by atoms with E-state index in [9.17, 15) is 9.59 Å². The molecule has 1 unspecified atom stereocenters. The Hall–Kier alpha value is -1.30. The molecule has 2 heterocycles. The molecule has 2 fully saturated rings. The number of nitrogens with two attached hydrogens (primary N) is 1. The van der Waals surface area contributed by atoms with E-state index in [0.29, 0.717) is 18.5 Å². The maximum atomic E-state index is 11.6. The smallest absolute Gasteiger partial charge is 0.314 e. The molecular weight excluding hydrogens is 244 g/mol.